The van der Waals surface area contributed by atoms with Gasteiger partial charge >= 0.3 is 6.36 Å². The van der Waals surface area contributed by atoms with Crippen molar-refractivity contribution in [2.45, 2.75) is 25.7 Å². The summed E-state index contributed by atoms with van der Waals surface area (Å²) < 4.78 is 45.6. The first kappa shape index (κ1) is 25.3. The number of benzene rings is 2. The van der Waals surface area contributed by atoms with E-state index in [4.69, 9.17) is 22.1 Å². The standard InChI is InChI=1S/C22H19ClF3N3O4S/c23-14-3-1-2-13(10-14)4-9-17-20(21(27)31)29-19(34-17)11-28-18(30)12-32-15-5-7-16(8-6-15)33-22(24,25)26/h1-3,5-8,10H,4,9,11-12H2,(H2,27,31)(H,28,30). The molecule has 0 aliphatic rings. The van der Waals surface area contributed by atoms with Crippen LogP contribution >= 0.6 is 22.9 Å². The van der Waals surface area contributed by atoms with Crippen LogP contribution in [-0.4, -0.2) is 29.8 Å². The lowest BCUT2D eigenvalue weighted by Crippen LogP contribution is -2.28. The average Bonchev–Trinajstić information content (AvgIpc) is 3.18. The normalized spacial score (nSPS) is 11.2. The maximum atomic E-state index is 12.2. The van der Waals surface area contributed by atoms with Crippen molar-refractivity contribution < 1.29 is 32.2 Å². The number of hydrogen-bond acceptors (Lipinski definition) is 6. The number of nitrogens with two attached hydrogens (primary N) is 1. The number of alkyl halides is 3. The number of carbonyl (C=O) groups is 2. The van der Waals surface area contributed by atoms with Gasteiger partial charge in [0.2, 0.25) is 0 Å². The van der Waals surface area contributed by atoms with Crippen molar-refractivity contribution in [2.24, 2.45) is 5.73 Å². The zero-order chi connectivity index (χ0) is 24.7. The Bertz CT molecular complexity index is 1150. The van der Waals surface area contributed by atoms with Crippen LogP contribution < -0.4 is 20.5 Å². The number of primary amides is 1. The molecule has 0 saturated carbocycles. The molecule has 0 aliphatic carbocycles. The molecule has 3 rings (SSSR count). The number of aryl methyl sites for hydroxylation is 2. The molecule has 0 atom stereocenters. The highest BCUT2D eigenvalue weighted by atomic mass is 35.5. The smallest absolute Gasteiger partial charge is 0.484 e. The second-order valence-corrected chi connectivity index (χ2v) is 8.56. The molecule has 0 aliphatic heterocycles. The van der Waals surface area contributed by atoms with Crippen molar-refractivity contribution in [1.29, 1.82) is 0 Å². The first-order valence-corrected chi connectivity index (χ1v) is 11.1. The van der Waals surface area contributed by atoms with Gasteiger partial charge < -0.3 is 20.5 Å². The van der Waals surface area contributed by atoms with Gasteiger partial charge in [-0.25, -0.2) is 4.98 Å². The van der Waals surface area contributed by atoms with Gasteiger partial charge in [-0.05, 0) is 54.8 Å². The van der Waals surface area contributed by atoms with Gasteiger partial charge in [-0.1, -0.05) is 23.7 Å². The number of nitrogens with zero attached hydrogens (tertiary/aromatic N) is 1. The highest BCUT2D eigenvalue weighted by Gasteiger charge is 2.31. The summed E-state index contributed by atoms with van der Waals surface area (Å²) in [7, 11) is 0. The second-order valence-electron chi connectivity index (χ2n) is 6.96. The monoisotopic (exact) mass is 513 g/mol. The zero-order valence-electron chi connectivity index (χ0n) is 17.5. The van der Waals surface area contributed by atoms with E-state index in [2.05, 4.69) is 15.0 Å². The quantitative estimate of drug-likeness (QED) is 0.421. The fourth-order valence-corrected chi connectivity index (χ4v) is 4.13. The van der Waals surface area contributed by atoms with Gasteiger partial charge in [0.05, 0.1) is 6.54 Å². The number of amides is 2. The van der Waals surface area contributed by atoms with E-state index < -0.39 is 23.9 Å². The van der Waals surface area contributed by atoms with Crippen LogP contribution in [0.3, 0.4) is 0 Å². The molecule has 180 valence electrons. The Morgan fingerprint density at radius 2 is 1.79 bits per heavy atom. The van der Waals surface area contributed by atoms with Crippen molar-refractivity contribution in [1.82, 2.24) is 10.3 Å². The summed E-state index contributed by atoms with van der Waals surface area (Å²) in [4.78, 5) is 28.8. The molecule has 0 bridgehead atoms. The highest BCUT2D eigenvalue weighted by molar-refractivity contribution is 7.11. The summed E-state index contributed by atoms with van der Waals surface area (Å²) in [6, 6.07) is 12.0. The Hall–Kier alpha value is -3.31. The Morgan fingerprint density at radius 1 is 1.09 bits per heavy atom. The van der Waals surface area contributed by atoms with Crippen molar-refractivity contribution in [2.75, 3.05) is 6.61 Å². The lowest BCUT2D eigenvalue weighted by atomic mass is 10.1. The Balaban J connectivity index is 1.51. The van der Waals surface area contributed by atoms with Crippen molar-refractivity contribution in [3.05, 3.63) is 74.7 Å². The van der Waals surface area contributed by atoms with Gasteiger partial charge in [0, 0.05) is 9.90 Å². The van der Waals surface area contributed by atoms with Crippen LogP contribution in [0.25, 0.3) is 0 Å². The summed E-state index contributed by atoms with van der Waals surface area (Å²) in [6.45, 7) is -0.308. The SMILES string of the molecule is NC(=O)c1nc(CNC(=O)COc2ccc(OC(F)(F)F)cc2)sc1CCc1cccc(Cl)c1. The van der Waals surface area contributed by atoms with Gasteiger partial charge in [-0.15, -0.1) is 24.5 Å². The molecule has 34 heavy (non-hydrogen) atoms. The fourth-order valence-electron chi connectivity index (χ4n) is 2.90. The number of rotatable bonds is 10. The molecular weight excluding hydrogens is 495 g/mol. The van der Waals surface area contributed by atoms with Crippen LogP contribution in [0.4, 0.5) is 13.2 Å². The number of ether oxygens (including phenoxy) is 2. The van der Waals surface area contributed by atoms with E-state index in [0.29, 0.717) is 27.7 Å². The van der Waals surface area contributed by atoms with E-state index >= 15 is 0 Å². The molecule has 7 nitrogen and oxygen atoms in total. The van der Waals surface area contributed by atoms with E-state index in [0.717, 1.165) is 17.7 Å². The van der Waals surface area contributed by atoms with Crippen LogP contribution in [-0.2, 0) is 24.2 Å². The van der Waals surface area contributed by atoms with Crippen molar-refractivity contribution >= 4 is 34.8 Å². The van der Waals surface area contributed by atoms with Gasteiger partial charge in [0.15, 0.2) is 6.61 Å². The average molecular weight is 514 g/mol. The van der Waals surface area contributed by atoms with E-state index in [9.17, 15) is 22.8 Å². The number of thiazole rings is 1. The predicted molar refractivity (Wildman–Crippen MR) is 120 cm³/mol. The third-order valence-electron chi connectivity index (χ3n) is 4.37. The first-order valence-electron chi connectivity index (χ1n) is 9.87. The summed E-state index contributed by atoms with van der Waals surface area (Å²) in [5.41, 5.74) is 6.60. The molecule has 0 fully saturated rings. The van der Waals surface area contributed by atoms with Crippen LogP contribution in [0.5, 0.6) is 11.5 Å². The van der Waals surface area contributed by atoms with Crippen LogP contribution in [0.15, 0.2) is 48.5 Å². The molecule has 1 heterocycles. The maximum Gasteiger partial charge on any atom is 0.573 e. The number of carbonyl (C=O) groups excluding carboxylic acids is 2. The Kier molecular flexibility index (Phi) is 8.35. The van der Waals surface area contributed by atoms with Crippen molar-refractivity contribution in [3.63, 3.8) is 0 Å². The Morgan fingerprint density at radius 3 is 2.44 bits per heavy atom. The van der Waals surface area contributed by atoms with Crippen LogP contribution in [0, 0.1) is 0 Å². The lowest BCUT2D eigenvalue weighted by molar-refractivity contribution is -0.274. The zero-order valence-corrected chi connectivity index (χ0v) is 19.1. The predicted octanol–water partition coefficient (Wildman–Crippen LogP) is 4.27. The molecule has 0 saturated heterocycles. The van der Waals surface area contributed by atoms with Crippen LogP contribution in [0.2, 0.25) is 5.02 Å². The number of halogens is 4. The number of aromatic nitrogens is 1. The molecule has 0 spiro atoms. The maximum absolute atomic E-state index is 12.2. The third-order valence-corrected chi connectivity index (χ3v) is 5.72. The molecule has 0 radical (unpaired) electrons. The summed E-state index contributed by atoms with van der Waals surface area (Å²) in [5, 5.41) is 3.73. The molecule has 3 aromatic rings. The summed E-state index contributed by atoms with van der Waals surface area (Å²) in [5.74, 6) is -1.34. The van der Waals surface area contributed by atoms with Gasteiger partial charge in [-0.2, -0.15) is 0 Å². The number of hydrogen-bond donors (Lipinski definition) is 2. The van der Waals surface area contributed by atoms with Crippen molar-refractivity contribution in [3.8, 4) is 11.5 Å². The second kappa shape index (κ2) is 11.2. The summed E-state index contributed by atoms with van der Waals surface area (Å²) in [6.07, 6.45) is -3.63. The largest absolute Gasteiger partial charge is 0.573 e. The lowest BCUT2D eigenvalue weighted by Gasteiger charge is -2.10. The van der Waals surface area contributed by atoms with Gasteiger partial charge in [0.1, 0.15) is 22.2 Å². The van der Waals surface area contributed by atoms with E-state index in [1.165, 1.54) is 23.5 Å². The highest BCUT2D eigenvalue weighted by Crippen LogP contribution is 2.25. The van der Waals surface area contributed by atoms with Gasteiger partial charge in [0.25, 0.3) is 11.8 Å². The van der Waals surface area contributed by atoms with Gasteiger partial charge in [-0.3, -0.25) is 9.59 Å². The molecule has 2 aromatic carbocycles. The van der Waals surface area contributed by atoms with Crippen LogP contribution in [0.1, 0.15) is 25.9 Å². The Labute approximate surface area is 201 Å². The fraction of sp³-hybridized carbons (Fsp3) is 0.227. The molecule has 12 heteroatoms. The molecule has 2 amide bonds. The minimum atomic E-state index is -4.79. The summed E-state index contributed by atoms with van der Waals surface area (Å²) >= 11 is 7.26. The molecular formula is C22H19ClF3N3O4S. The molecule has 0 unspecified atom stereocenters. The topological polar surface area (TPSA) is 104 Å². The van der Waals surface area contributed by atoms with E-state index in [-0.39, 0.29) is 24.6 Å². The van der Waals surface area contributed by atoms with E-state index in [1.54, 1.807) is 6.07 Å². The molecule has 1 aromatic heterocycles. The molecule has 3 N–H and O–H groups in total. The third kappa shape index (κ3) is 7.92. The minimum absolute atomic E-state index is 0.0582. The minimum Gasteiger partial charge on any atom is -0.484 e. The number of nitrogens with one attached hydrogen (secondary N) is 1. The first-order chi connectivity index (χ1) is 16.1. The van der Waals surface area contributed by atoms with E-state index in [1.807, 2.05) is 18.2 Å².